The van der Waals surface area contributed by atoms with Gasteiger partial charge >= 0.3 is 0 Å². The Kier molecular flexibility index (Phi) is 6.87. The maximum atomic E-state index is 10.2. The van der Waals surface area contributed by atoms with Gasteiger partial charge in [-0.05, 0) is 0 Å². The minimum atomic E-state index is -1.70. The highest BCUT2D eigenvalue weighted by atomic mass is 16.7. The fourth-order valence-electron chi connectivity index (χ4n) is 2.74. The van der Waals surface area contributed by atoms with Gasteiger partial charge in [0.2, 0.25) is 0 Å². The largest absolute Gasteiger partial charge is 0.394 e. The average molecular weight is 356 g/mol. The van der Waals surface area contributed by atoms with Crippen molar-refractivity contribution in [3.05, 3.63) is 0 Å². The monoisotopic (exact) mass is 356 g/mol. The molecule has 0 aromatic heterocycles. The Morgan fingerprint density at radius 2 is 1.25 bits per heavy atom. The van der Waals surface area contributed by atoms with Crippen molar-refractivity contribution in [1.29, 1.82) is 0 Å². The van der Waals surface area contributed by atoms with Crippen LogP contribution in [-0.4, -0.2) is 117 Å². The molecule has 2 heterocycles. The van der Waals surface area contributed by atoms with Gasteiger partial charge in [0, 0.05) is 7.11 Å². The van der Waals surface area contributed by atoms with E-state index in [4.69, 9.17) is 24.1 Å². The van der Waals surface area contributed by atoms with Gasteiger partial charge in [0.15, 0.2) is 12.6 Å². The van der Waals surface area contributed by atoms with Crippen LogP contribution in [0.25, 0.3) is 0 Å². The van der Waals surface area contributed by atoms with Crippen molar-refractivity contribution in [3.63, 3.8) is 0 Å². The maximum absolute atomic E-state index is 10.2. The van der Waals surface area contributed by atoms with E-state index in [1.54, 1.807) is 0 Å². The van der Waals surface area contributed by atoms with E-state index in [1.807, 2.05) is 0 Å². The first kappa shape index (κ1) is 19.9. The molecular formula is C13H24O11. The van der Waals surface area contributed by atoms with Gasteiger partial charge in [-0.1, -0.05) is 0 Å². The number of hydrogen-bond donors (Lipinski definition) is 7. The zero-order chi connectivity index (χ0) is 18.0. The lowest BCUT2D eigenvalue weighted by atomic mass is 9.97. The fraction of sp³-hybridized carbons (Fsp3) is 1.00. The second-order valence-corrected chi connectivity index (χ2v) is 5.74. The first-order valence-corrected chi connectivity index (χ1v) is 7.46. The second-order valence-electron chi connectivity index (χ2n) is 5.74. The van der Waals surface area contributed by atoms with Crippen LogP contribution in [0.3, 0.4) is 0 Å². The van der Waals surface area contributed by atoms with Gasteiger partial charge in [0.25, 0.3) is 0 Å². The number of rotatable bonds is 5. The minimum Gasteiger partial charge on any atom is -0.394 e. The number of hydrogen-bond acceptors (Lipinski definition) is 11. The molecule has 0 bridgehead atoms. The van der Waals surface area contributed by atoms with Crippen molar-refractivity contribution < 1.29 is 54.7 Å². The third-order valence-electron chi connectivity index (χ3n) is 4.19. The zero-order valence-corrected chi connectivity index (χ0v) is 13.0. The van der Waals surface area contributed by atoms with Gasteiger partial charge in [-0.3, -0.25) is 0 Å². The fourth-order valence-corrected chi connectivity index (χ4v) is 2.74. The summed E-state index contributed by atoms with van der Waals surface area (Å²) in [7, 11) is 1.24. The van der Waals surface area contributed by atoms with Crippen molar-refractivity contribution in [3.8, 4) is 0 Å². The topological polar surface area (TPSA) is 179 Å². The summed E-state index contributed by atoms with van der Waals surface area (Å²) in [4.78, 5) is 0. The summed E-state index contributed by atoms with van der Waals surface area (Å²) >= 11 is 0. The minimum absolute atomic E-state index is 0.581. The molecule has 0 aromatic rings. The van der Waals surface area contributed by atoms with Crippen molar-refractivity contribution >= 4 is 0 Å². The number of methoxy groups -OCH3 is 1. The summed E-state index contributed by atoms with van der Waals surface area (Å²) in [5, 5.41) is 68.1. The molecule has 2 aliphatic heterocycles. The smallest absolute Gasteiger partial charge is 0.187 e. The Hall–Kier alpha value is -0.440. The lowest BCUT2D eigenvalue weighted by molar-refractivity contribution is -0.358. The van der Waals surface area contributed by atoms with Crippen LogP contribution in [0.15, 0.2) is 0 Å². The Labute approximate surface area is 137 Å². The molecule has 7 N–H and O–H groups in total. The van der Waals surface area contributed by atoms with Gasteiger partial charge in [-0.15, -0.1) is 0 Å². The predicted octanol–water partition coefficient (Wildman–Crippen LogP) is -4.74. The number of ether oxygens (including phenoxy) is 4. The molecule has 142 valence electrons. The highest BCUT2D eigenvalue weighted by Gasteiger charge is 2.50. The quantitative estimate of drug-likeness (QED) is 0.251. The summed E-state index contributed by atoms with van der Waals surface area (Å²) in [5.41, 5.74) is 0. The second kappa shape index (κ2) is 8.29. The number of aliphatic hydroxyl groups is 7. The third-order valence-corrected chi connectivity index (χ3v) is 4.19. The Bertz CT molecular complexity index is 378. The normalized spacial score (nSPS) is 50.0. The van der Waals surface area contributed by atoms with Crippen molar-refractivity contribution in [2.75, 3.05) is 20.3 Å². The van der Waals surface area contributed by atoms with Gasteiger partial charge in [-0.25, -0.2) is 0 Å². The van der Waals surface area contributed by atoms with Crippen molar-refractivity contribution in [2.24, 2.45) is 0 Å². The Morgan fingerprint density at radius 1 is 0.708 bits per heavy atom. The summed E-state index contributed by atoms with van der Waals surface area (Å²) in [6.07, 6.45) is -14.4. The molecule has 2 fully saturated rings. The summed E-state index contributed by atoms with van der Waals surface area (Å²) < 4.78 is 20.6. The molecule has 0 spiro atoms. The average Bonchev–Trinajstić information content (AvgIpc) is 2.58. The highest BCUT2D eigenvalue weighted by molar-refractivity contribution is 4.93. The summed E-state index contributed by atoms with van der Waals surface area (Å²) in [6.45, 7) is -1.23. The van der Waals surface area contributed by atoms with E-state index in [-0.39, 0.29) is 0 Å². The van der Waals surface area contributed by atoms with Crippen LogP contribution in [0, 0.1) is 0 Å². The van der Waals surface area contributed by atoms with Crippen LogP contribution in [0.4, 0.5) is 0 Å². The predicted molar refractivity (Wildman–Crippen MR) is 73.4 cm³/mol. The number of aliphatic hydroxyl groups excluding tert-OH is 7. The van der Waals surface area contributed by atoms with Crippen molar-refractivity contribution in [2.45, 2.75) is 61.4 Å². The molecule has 0 radical (unpaired) electrons. The van der Waals surface area contributed by atoms with Crippen LogP contribution in [-0.2, 0) is 18.9 Å². The van der Waals surface area contributed by atoms with E-state index in [2.05, 4.69) is 0 Å². The van der Waals surface area contributed by atoms with Crippen LogP contribution < -0.4 is 0 Å². The van der Waals surface area contributed by atoms with Gasteiger partial charge < -0.3 is 54.7 Å². The third kappa shape index (κ3) is 3.71. The van der Waals surface area contributed by atoms with E-state index in [9.17, 15) is 30.6 Å². The van der Waals surface area contributed by atoms with Crippen LogP contribution in [0.2, 0.25) is 0 Å². The molecule has 2 aliphatic rings. The first-order chi connectivity index (χ1) is 11.3. The highest BCUT2D eigenvalue weighted by Crippen LogP contribution is 2.29. The van der Waals surface area contributed by atoms with Gasteiger partial charge in [-0.2, -0.15) is 0 Å². The molecule has 0 saturated carbocycles. The van der Waals surface area contributed by atoms with Crippen LogP contribution in [0.5, 0.6) is 0 Å². The molecular weight excluding hydrogens is 332 g/mol. The summed E-state index contributed by atoms with van der Waals surface area (Å²) in [6, 6.07) is 0. The molecule has 11 nitrogen and oxygen atoms in total. The molecule has 0 amide bonds. The van der Waals surface area contributed by atoms with E-state index in [0.29, 0.717) is 0 Å². The zero-order valence-electron chi connectivity index (χ0n) is 13.0. The van der Waals surface area contributed by atoms with Crippen LogP contribution in [0.1, 0.15) is 0 Å². The Morgan fingerprint density at radius 3 is 1.79 bits per heavy atom. The summed E-state index contributed by atoms with van der Waals surface area (Å²) in [5.74, 6) is 0. The lowest BCUT2D eigenvalue weighted by Gasteiger charge is -2.45. The van der Waals surface area contributed by atoms with E-state index >= 15 is 0 Å². The molecule has 2 saturated heterocycles. The van der Waals surface area contributed by atoms with Crippen LogP contribution >= 0.6 is 0 Å². The molecule has 0 unspecified atom stereocenters. The molecule has 0 aliphatic carbocycles. The SMILES string of the molecule is CO[C@@H]1O[C@H](CO)[C@H](O)[C@H](O[C@@H]2O[C@H](CO)[C@@H](O)[C@H](O)[C@H]2O)[C@H]1O. The van der Waals surface area contributed by atoms with Crippen molar-refractivity contribution in [1.82, 2.24) is 0 Å². The lowest BCUT2D eigenvalue weighted by Crippen LogP contribution is -2.64. The first-order valence-electron chi connectivity index (χ1n) is 7.46. The van der Waals surface area contributed by atoms with Gasteiger partial charge in [0.1, 0.15) is 48.8 Å². The van der Waals surface area contributed by atoms with E-state index in [1.165, 1.54) is 7.11 Å². The van der Waals surface area contributed by atoms with Gasteiger partial charge in [0.05, 0.1) is 13.2 Å². The molecule has 10 atom stereocenters. The molecule has 24 heavy (non-hydrogen) atoms. The van der Waals surface area contributed by atoms with E-state index < -0.39 is 74.6 Å². The standard InChI is InChI=1S/C13H24O11/c1-21-12-10(20)11(7(17)5(3-15)22-12)24-13-9(19)8(18)6(16)4(2-14)23-13/h4-20H,2-3H2,1H3/t4-,5-,6-,7+,8+,9-,10-,11+,12-,13+/m1/s1. The molecule has 11 heteroatoms. The Balaban J connectivity index is 2.14. The molecule has 2 rings (SSSR count). The van der Waals surface area contributed by atoms with E-state index in [0.717, 1.165) is 0 Å². The molecule has 0 aromatic carbocycles. The maximum Gasteiger partial charge on any atom is 0.187 e.